The van der Waals surface area contributed by atoms with Gasteiger partial charge in [-0.05, 0) is 24.4 Å². The van der Waals surface area contributed by atoms with Gasteiger partial charge in [0.25, 0.3) is 0 Å². The van der Waals surface area contributed by atoms with Crippen molar-refractivity contribution in [2.24, 2.45) is 5.92 Å². The summed E-state index contributed by atoms with van der Waals surface area (Å²) in [7, 11) is 0. The zero-order valence-electron chi connectivity index (χ0n) is 11.5. The fraction of sp³-hybridized carbons (Fsp3) is 0.615. The van der Waals surface area contributed by atoms with Gasteiger partial charge in [-0.2, -0.15) is 4.37 Å². The van der Waals surface area contributed by atoms with Crippen LogP contribution in [-0.4, -0.2) is 26.3 Å². The molecule has 0 aliphatic rings. The Labute approximate surface area is 122 Å². The molecule has 4 nitrogen and oxygen atoms in total. The lowest BCUT2D eigenvalue weighted by Crippen LogP contribution is -2.23. The monoisotopic (exact) mass is 298 g/mol. The van der Waals surface area contributed by atoms with E-state index in [9.17, 15) is 0 Å². The summed E-state index contributed by atoms with van der Waals surface area (Å²) in [5.41, 5.74) is 0.969. The molecule has 0 aliphatic carbocycles. The number of hydrogen-bond donors (Lipinski definition) is 1. The Balaban J connectivity index is 2.11. The van der Waals surface area contributed by atoms with Gasteiger partial charge in [-0.25, -0.2) is 9.97 Å². The molecule has 2 rings (SSSR count). The number of aromatic nitrogens is 3. The Morgan fingerprint density at radius 2 is 2.05 bits per heavy atom. The number of alkyl halides is 1. The number of aryl methyl sites for hydroxylation is 1. The normalized spacial score (nSPS) is 13.1. The van der Waals surface area contributed by atoms with E-state index < -0.39 is 0 Å². The molecule has 0 fully saturated rings. The van der Waals surface area contributed by atoms with Crippen LogP contribution in [0.2, 0.25) is 0 Å². The quantitative estimate of drug-likeness (QED) is 0.823. The van der Waals surface area contributed by atoms with Gasteiger partial charge in [0.15, 0.2) is 0 Å². The van der Waals surface area contributed by atoms with Gasteiger partial charge in [-0.3, -0.25) is 0 Å². The van der Waals surface area contributed by atoms with Crippen LogP contribution in [0.5, 0.6) is 0 Å². The minimum absolute atomic E-state index is 0.118. The van der Waals surface area contributed by atoms with E-state index in [1.807, 2.05) is 6.92 Å². The molecule has 0 aliphatic heterocycles. The predicted octanol–water partition coefficient (Wildman–Crippen LogP) is 3.85. The maximum Gasteiger partial charge on any atom is 0.149 e. The van der Waals surface area contributed by atoms with E-state index in [2.05, 4.69) is 33.5 Å². The van der Waals surface area contributed by atoms with E-state index in [4.69, 9.17) is 11.6 Å². The van der Waals surface area contributed by atoms with Gasteiger partial charge in [-0.15, -0.1) is 11.6 Å². The Morgan fingerprint density at radius 1 is 1.32 bits per heavy atom. The first-order valence-corrected chi connectivity index (χ1v) is 7.83. The highest BCUT2D eigenvalue weighted by Crippen LogP contribution is 2.26. The third-order valence-corrected chi connectivity index (χ3v) is 4.83. The van der Waals surface area contributed by atoms with E-state index in [0.29, 0.717) is 5.92 Å². The summed E-state index contributed by atoms with van der Waals surface area (Å²) in [5, 5.41) is 4.48. The van der Waals surface area contributed by atoms with E-state index in [1.54, 1.807) is 6.33 Å². The molecule has 1 atom stereocenters. The Morgan fingerprint density at radius 3 is 2.74 bits per heavy atom. The van der Waals surface area contributed by atoms with Crippen molar-refractivity contribution < 1.29 is 0 Å². The highest BCUT2D eigenvalue weighted by atomic mass is 35.5. The van der Waals surface area contributed by atoms with Crippen molar-refractivity contribution >= 4 is 39.2 Å². The molecular formula is C13H19ClN4S. The molecule has 6 heteroatoms. The molecule has 0 saturated heterocycles. The lowest BCUT2D eigenvalue weighted by molar-refractivity contribution is 0.475. The Bertz CT molecular complexity index is 538. The number of anilines is 1. The van der Waals surface area contributed by atoms with Crippen molar-refractivity contribution in [2.75, 3.05) is 11.9 Å². The number of rotatable bonds is 6. The number of halogens is 1. The zero-order valence-corrected chi connectivity index (χ0v) is 13.1. The van der Waals surface area contributed by atoms with Crippen LogP contribution in [0, 0.1) is 12.8 Å². The van der Waals surface area contributed by atoms with Crippen LogP contribution in [0.3, 0.4) is 0 Å². The van der Waals surface area contributed by atoms with Gasteiger partial charge in [0.2, 0.25) is 0 Å². The molecular weight excluding hydrogens is 280 g/mol. The lowest BCUT2D eigenvalue weighted by atomic mass is 9.99. The van der Waals surface area contributed by atoms with E-state index in [0.717, 1.165) is 41.1 Å². The molecule has 19 heavy (non-hydrogen) atoms. The largest absolute Gasteiger partial charge is 0.368 e. The first-order chi connectivity index (χ1) is 9.17. The summed E-state index contributed by atoms with van der Waals surface area (Å²) >= 11 is 7.85. The molecule has 0 amide bonds. The standard InChI is InChI=1S/C13H19ClN4S/c1-4-9(5-2)10(14)6-15-12-11-8(3)18-19-13(11)17-7-16-12/h7,9-10H,4-6H2,1-3H3,(H,15,16,17). The number of nitrogens with one attached hydrogen (secondary N) is 1. The molecule has 104 valence electrons. The Kier molecular flexibility index (Phi) is 4.93. The van der Waals surface area contributed by atoms with Gasteiger partial charge in [-0.1, -0.05) is 26.7 Å². The number of nitrogens with zero attached hydrogens (tertiary/aromatic N) is 3. The van der Waals surface area contributed by atoms with Crippen molar-refractivity contribution in [3.63, 3.8) is 0 Å². The predicted molar refractivity (Wildman–Crippen MR) is 82.1 cm³/mol. The average molecular weight is 299 g/mol. The van der Waals surface area contributed by atoms with Crippen LogP contribution in [0.1, 0.15) is 32.4 Å². The second-order valence-electron chi connectivity index (χ2n) is 4.64. The molecule has 0 radical (unpaired) electrons. The van der Waals surface area contributed by atoms with Gasteiger partial charge in [0.1, 0.15) is 17.0 Å². The van der Waals surface area contributed by atoms with Crippen molar-refractivity contribution in [3.8, 4) is 0 Å². The highest BCUT2D eigenvalue weighted by Gasteiger charge is 2.17. The molecule has 0 spiro atoms. The second kappa shape index (κ2) is 6.48. The van der Waals surface area contributed by atoms with Gasteiger partial charge in [0, 0.05) is 6.54 Å². The number of hydrogen-bond acceptors (Lipinski definition) is 5. The first kappa shape index (κ1) is 14.5. The fourth-order valence-electron chi connectivity index (χ4n) is 2.22. The summed E-state index contributed by atoms with van der Waals surface area (Å²) in [5.74, 6) is 1.38. The molecule has 1 N–H and O–H groups in total. The van der Waals surface area contributed by atoms with Gasteiger partial charge >= 0.3 is 0 Å². The maximum absolute atomic E-state index is 6.44. The maximum atomic E-state index is 6.44. The third-order valence-electron chi connectivity index (χ3n) is 3.47. The molecule has 0 saturated carbocycles. The van der Waals surface area contributed by atoms with Crippen molar-refractivity contribution in [1.82, 2.24) is 14.3 Å². The van der Waals surface area contributed by atoms with Crippen LogP contribution in [0.4, 0.5) is 5.82 Å². The summed E-state index contributed by atoms with van der Waals surface area (Å²) in [6.07, 6.45) is 3.78. The van der Waals surface area contributed by atoms with Crippen LogP contribution >= 0.6 is 23.1 Å². The van der Waals surface area contributed by atoms with E-state index >= 15 is 0 Å². The third kappa shape index (κ3) is 3.15. The van der Waals surface area contributed by atoms with Crippen LogP contribution < -0.4 is 5.32 Å². The van der Waals surface area contributed by atoms with Gasteiger partial charge < -0.3 is 5.32 Å². The summed E-state index contributed by atoms with van der Waals surface area (Å²) < 4.78 is 4.32. The summed E-state index contributed by atoms with van der Waals surface area (Å²) in [6, 6.07) is 0. The highest BCUT2D eigenvalue weighted by molar-refractivity contribution is 7.13. The topological polar surface area (TPSA) is 50.7 Å². The molecule has 2 heterocycles. The van der Waals surface area contributed by atoms with E-state index in [-0.39, 0.29) is 5.38 Å². The summed E-state index contributed by atoms with van der Waals surface area (Å²) in [4.78, 5) is 9.46. The number of fused-ring (bicyclic) bond motifs is 1. The molecule has 0 bridgehead atoms. The van der Waals surface area contributed by atoms with E-state index in [1.165, 1.54) is 11.5 Å². The first-order valence-electron chi connectivity index (χ1n) is 6.62. The van der Waals surface area contributed by atoms with Crippen LogP contribution in [0.15, 0.2) is 6.33 Å². The summed E-state index contributed by atoms with van der Waals surface area (Å²) in [6.45, 7) is 7.06. The second-order valence-corrected chi connectivity index (χ2v) is 5.96. The van der Waals surface area contributed by atoms with Crippen molar-refractivity contribution in [2.45, 2.75) is 39.0 Å². The smallest absolute Gasteiger partial charge is 0.149 e. The van der Waals surface area contributed by atoms with Crippen molar-refractivity contribution in [3.05, 3.63) is 12.0 Å². The van der Waals surface area contributed by atoms with Crippen LogP contribution in [-0.2, 0) is 0 Å². The zero-order chi connectivity index (χ0) is 13.8. The molecule has 2 aromatic rings. The van der Waals surface area contributed by atoms with Gasteiger partial charge in [0.05, 0.1) is 16.5 Å². The van der Waals surface area contributed by atoms with Crippen molar-refractivity contribution in [1.29, 1.82) is 0 Å². The lowest BCUT2D eigenvalue weighted by Gasteiger charge is -2.19. The van der Waals surface area contributed by atoms with Crippen LogP contribution in [0.25, 0.3) is 10.2 Å². The molecule has 2 aromatic heterocycles. The average Bonchev–Trinajstić information content (AvgIpc) is 2.80. The minimum Gasteiger partial charge on any atom is -0.368 e. The Hall–Kier alpha value is -0.940. The molecule has 1 unspecified atom stereocenters. The fourth-order valence-corrected chi connectivity index (χ4v) is 3.40. The SMILES string of the molecule is CCC(CC)C(Cl)CNc1ncnc2snc(C)c12. The molecule has 0 aromatic carbocycles. The minimum atomic E-state index is 0.118.